The molecule has 0 bridgehead atoms. The zero-order valence-corrected chi connectivity index (χ0v) is 14.9. The molecule has 1 aromatic heterocycles. The molecule has 1 aliphatic rings. The Bertz CT molecular complexity index is 804. The van der Waals surface area contributed by atoms with Crippen molar-refractivity contribution in [3.05, 3.63) is 54.0 Å². The van der Waals surface area contributed by atoms with Gasteiger partial charge in [-0.05, 0) is 49.2 Å². The molecule has 1 saturated heterocycles. The highest BCUT2D eigenvalue weighted by Gasteiger charge is 2.32. The number of hydrogen-bond acceptors (Lipinski definition) is 5. The van der Waals surface area contributed by atoms with Crippen LogP contribution in [-0.4, -0.2) is 44.7 Å². The predicted octanol–water partition coefficient (Wildman–Crippen LogP) is 2.51. The first-order chi connectivity index (χ1) is 12.0. The van der Waals surface area contributed by atoms with Crippen LogP contribution in [0.5, 0.6) is 5.75 Å². The quantitative estimate of drug-likeness (QED) is 0.816. The van der Waals surface area contributed by atoms with Gasteiger partial charge in [0.2, 0.25) is 0 Å². The Balaban J connectivity index is 1.60. The van der Waals surface area contributed by atoms with Crippen molar-refractivity contribution < 1.29 is 22.4 Å². The summed E-state index contributed by atoms with van der Waals surface area (Å²) in [6, 6.07) is 10.3. The molecule has 0 radical (unpaired) electrons. The van der Waals surface area contributed by atoms with Crippen LogP contribution < -0.4 is 4.74 Å². The summed E-state index contributed by atoms with van der Waals surface area (Å²) in [6.45, 7) is 0.875. The molecular formula is C18H21NO5S. The number of benzene rings is 1. The number of likely N-dealkylation sites (tertiary alicyclic amines) is 1. The van der Waals surface area contributed by atoms with E-state index in [4.69, 9.17) is 9.15 Å². The Morgan fingerprint density at radius 1 is 1.20 bits per heavy atom. The molecule has 1 aliphatic heterocycles. The lowest BCUT2D eigenvalue weighted by atomic mass is 10.1. The minimum Gasteiger partial charge on any atom is -0.497 e. The van der Waals surface area contributed by atoms with E-state index in [1.807, 2.05) is 0 Å². The molecule has 2 heterocycles. The van der Waals surface area contributed by atoms with Gasteiger partial charge in [0.25, 0.3) is 5.91 Å². The maximum absolute atomic E-state index is 12.5. The molecule has 0 atom stereocenters. The van der Waals surface area contributed by atoms with E-state index in [1.54, 1.807) is 48.4 Å². The van der Waals surface area contributed by atoms with E-state index < -0.39 is 15.1 Å². The fourth-order valence-electron chi connectivity index (χ4n) is 3.05. The monoisotopic (exact) mass is 363 g/mol. The van der Waals surface area contributed by atoms with Crippen molar-refractivity contribution in [1.82, 2.24) is 4.90 Å². The zero-order valence-electron chi connectivity index (χ0n) is 14.1. The average Bonchev–Trinajstić information content (AvgIpc) is 3.13. The molecule has 1 fully saturated rings. The number of ether oxygens (including phenoxy) is 1. The van der Waals surface area contributed by atoms with Gasteiger partial charge in [0.1, 0.15) is 17.3 Å². The second-order valence-corrected chi connectivity index (χ2v) is 8.39. The van der Waals surface area contributed by atoms with Crippen molar-refractivity contribution in [2.75, 3.05) is 20.2 Å². The molecule has 2 aromatic rings. The highest BCUT2D eigenvalue weighted by molar-refractivity contribution is 7.91. The van der Waals surface area contributed by atoms with Crippen LogP contribution in [-0.2, 0) is 15.6 Å². The fraction of sp³-hybridized carbons (Fsp3) is 0.389. The van der Waals surface area contributed by atoms with Gasteiger partial charge >= 0.3 is 0 Å². The summed E-state index contributed by atoms with van der Waals surface area (Å²) >= 11 is 0. The number of sulfone groups is 1. The molecule has 0 aliphatic carbocycles. The van der Waals surface area contributed by atoms with E-state index in [9.17, 15) is 13.2 Å². The lowest BCUT2D eigenvalue weighted by Crippen LogP contribution is -2.42. The van der Waals surface area contributed by atoms with E-state index in [2.05, 4.69) is 0 Å². The first-order valence-corrected chi connectivity index (χ1v) is 9.88. The second kappa shape index (κ2) is 7.31. The van der Waals surface area contributed by atoms with Crippen LogP contribution in [0.25, 0.3) is 0 Å². The number of carbonyl (C=O) groups excluding carboxylic acids is 1. The Kier molecular flexibility index (Phi) is 5.13. The third kappa shape index (κ3) is 4.04. The van der Waals surface area contributed by atoms with Gasteiger partial charge in [-0.25, -0.2) is 8.42 Å². The van der Waals surface area contributed by atoms with Crippen LogP contribution in [0.2, 0.25) is 0 Å². The number of furan rings is 1. The topological polar surface area (TPSA) is 76.8 Å². The molecule has 1 aromatic carbocycles. The number of rotatable bonds is 5. The maximum atomic E-state index is 12.5. The summed E-state index contributed by atoms with van der Waals surface area (Å²) in [6.07, 6.45) is 2.37. The summed E-state index contributed by atoms with van der Waals surface area (Å²) in [5.74, 6) is 0.984. The molecule has 7 heteroatoms. The third-order valence-electron chi connectivity index (χ3n) is 4.50. The van der Waals surface area contributed by atoms with Gasteiger partial charge in [-0.15, -0.1) is 0 Å². The largest absolute Gasteiger partial charge is 0.497 e. The van der Waals surface area contributed by atoms with E-state index >= 15 is 0 Å². The highest BCUT2D eigenvalue weighted by atomic mass is 32.2. The van der Waals surface area contributed by atoms with E-state index in [0.717, 1.165) is 0 Å². The number of carbonyl (C=O) groups is 1. The second-order valence-electron chi connectivity index (χ2n) is 6.11. The van der Waals surface area contributed by atoms with Gasteiger partial charge in [0.15, 0.2) is 9.84 Å². The zero-order chi connectivity index (χ0) is 17.9. The Morgan fingerprint density at radius 3 is 2.44 bits per heavy atom. The molecule has 0 N–H and O–H groups in total. The summed E-state index contributed by atoms with van der Waals surface area (Å²) in [7, 11) is -1.70. The fourth-order valence-corrected chi connectivity index (χ4v) is 4.77. The highest BCUT2D eigenvalue weighted by Crippen LogP contribution is 2.23. The maximum Gasteiger partial charge on any atom is 0.253 e. The van der Waals surface area contributed by atoms with Crippen molar-refractivity contribution in [1.29, 1.82) is 0 Å². The van der Waals surface area contributed by atoms with Gasteiger partial charge in [0.05, 0.1) is 18.6 Å². The first kappa shape index (κ1) is 17.5. The van der Waals surface area contributed by atoms with Crippen LogP contribution in [0.3, 0.4) is 0 Å². The number of nitrogens with zero attached hydrogens (tertiary/aromatic N) is 1. The van der Waals surface area contributed by atoms with Gasteiger partial charge < -0.3 is 14.1 Å². The van der Waals surface area contributed by atoms with Crippen LogP contribution in [0.4, 0.5) is 0 Å². The van der Waals surface area contributed by atoms with Crippen LogP contribution >= 0.6 is 0 Å². The minimum atomic E-state index is -3.28. The molecule has 3 rings (SSSR count). The van der Waals surface area contributed by atoms with Crippen LogP contribution in [0.1, 0.15) is 29.0 Å². The molecule has 6 nitrogen and oxygen atoms in total. The number of piperidine rings is 1. The number of amides is 1. The van der Waals surface area contributed by atoms with E-state index in [1.165, 1.54) is 6.26 Å². The van der Waals surface area contributed by atoms with Crippen molar-refractivity contribution in [2.45, 2.75) is 23.8 Å². The summed E-state index contributed by atoms with van der Waals surface area (Å²) in [5, 5.41) is -0.433. The van der Waals surface area contributed by atoms with Crippen molar-refractivity contribution in [3.63, 3.8) is 0 Å². The van der Waals surface area contributed by atoms with E-state index in [-0.39, 0.29) is 11.7 Å². The van der Waals surface area contributed by atoms with Crippen LogP contribution in [0.15, 0.2) is 47.1 Å². The van der Waals surface area contributed by atoms with E-state index in [0.29, 0.717) is 43.0 Å². The lowest BCUT2D eigenvalue weighted by Gasteiger charge is -2.31. The van der Waals surface area contributed by atoms with Crippen molar-refractivity contribution in [2.24, 2.45) is 0 Å². The summed E-state index contributed by atoms with van der Waals surface area (Å²) in [4.78, 5) is 14.2. The predicted molar refractivity (Wildman–Crippen MR) is 93.3 cm³/mol. The van der Waals surface area contributed by atoms with Gasteiger partial charge in [0, 0.05) is 18.7 Å². The Hall–Kier alpha value is -2.28. The number of methoxy groups -OCH3 is 1. The molecular weight excluding hydrogens is 342 g/mol. The van der Waals surface area contributed by atoms with Crippen molar-refractivity contribution in [3.8, 4) is 5.75 Å². The summed E-state index contributed by atoms with van der Waals surface area (Å²) in [5.41, 5.74) is 0.581. The number of hydrogen-bond donors (Lipinski definition) is 0. The molecule has 1 amide bonds. The van der Waals surface area contributed by atoms with Gasteiger partial charge in [-0.1, -0.05) is 0 Å². The summed E-state index contributed by atoms with van der Waals surface area (Å²) < 4.78 is 35.2. The normalized spacial score (nSPS) is 16.0. The lowest BCUT2D eigenvalue weighted by molar-refractivity contribution is 0.0725. The standard InChI is InChI=1S/C18H21NO5S/c1-23-15-6-4-14(5-7-15)18(20)19-10-8-17(9-11-19)25(21,22)13-16-3-2-12-24-16/h2-7,12,17H,8-11,13H2,1H3. The molecule has 25 heavy (non-hydrogen) atoms. The first-order valence-electron chi connectivity index (χ1n) is 8.17. The SMILES string of the molecule is COc1ccc(C(=O)N2CCC(S(=O)(=O)Cc3ccco3)CC2)cc1. The minimum absolute atomic E-state index is 0.0791. The van der Waals surface area contributed by atoms with Gasteiger partial charge in [-0.3, -0.25) is 4.79 Å². The van der Waals surface area contributed by atoms with Crippen molar-refractivity contribution >= 4 is 15.7 Å². The average molecular weight is 363 g/mol. The molecule has 0 saturated carbocycles. The molecule has 134 valence electrons. The Morgan fingerprint density at radius 2 is 1.88 bits per heavy atom. The smallest absolute Gasteiger partial charge is 0.253 e. The van der Waals surface area contributed by atoms with Crippen LogP contribution in [0, 0.1) is 0 Å². The third-order valence-corrected chi connectivity index (χ3v) is 6.67. The Labute approximate surface area is 147 Å². The molecule has 0 unspecified atom stereocenters. The van der Waals surface area contributed by atoms with Gasteiger partial charge in [-0.2, -0.15) is 0 Å². The molecule has 0 spiro atoms.